The van der Waals surface area contributed by atoms with Gasteiger partial charge in [0.25, 0.3) is 0 Å². The molecule has 3 N–H and O–H groups in total. The van der Waals surface area contributed by atoms with E-state index in [9.17, 15) is 5.11 Å². The zero-order valence-electron chi connectivity index (χ0n) is 18.7. The van der Waals surface area contributed by atoms with Crippen molar-refractivity contribution in [2.24, 2.45) is 5.10 Å². The lowest BCUT2D eigenvalue weighted by Gasteiger charge is -2.37. The summed E-state index contributed by atoms with van der Waals surface area (Å²) in [4.78, 5) is 0. The third kappa shape index (κ3) is 4.92. The average molecular weight is 468 g/mol. The van der Waals surface area contributed by atoms with Crippen LogP contribution in [0.3, 0.4) is 0 Å². The number of ether oxygens (including phenoxy) is 1. The molecule has 0 aliphatic heterocycles. The number of methoxy groups -OCH3 is 1. The van der Waals surface area contributed by atoms with Crippen LogP contribution in [0, 0.1) is 0 Å². The molecule has 6 heteroatoms. The first kappa shape index (κ1) is 23.0. The third-order valence-corrected chi connectivity index (χ3v) is 5.72. The van der Waals surface area contributed by atoms with Gasteiger partial charge < -0.3 is 15.2 Å². The average Bonchev–Trinajstić information content (AvgIpc) is 2.90. The molecule has 4 aromatic carbocycles. The number of nitrogens with zero attached hydrogens (tertiary/aromatic N) is 1. The van der Waals surface area contributed by atoms with Gasteiger partial charge in [-0.05, 0) is 47.1 Å². The Balaban J connectivity index is 1.70. The second-order valence-corrected chi connectivity index (χ2v) is 8.01. The van der Waals surface area contributed by atoms with E-state index >= 15 is 0 Å². The summed E-state index contributed by atoms with van der Waals surface area (Å²) in [6.07, 6.45) is 1.50. The zero-order valence-corrected chi connectivity index (χ0v) is 19.5. The van der Waals surface area contributed by atoms with Crippen molar-refractivity contribution < 1.29 is 9.84 Å². The van der Waals surface area contributed by atoms with Gasteiger partial charge in [-0.2, -0.15) is 5.10 Å². The van der Waals surface area contributed by atoms with Crippen LogP contribution < -0.4 is 15.5 Å². The molecule has 0 saturated heterocycles. The molecular formula is C28H25N3O2S. The van der Waals surface area contributed by atoms with Crippen molar-refractivity contribution in [3.05, 3.63) is 131 Å². The number of aromatic hydroxyl groups is 1. The Morgan fingerprint density at radius 1 is 0.824 bits per heavy atom. The van der Waals surface area contributed by atoms with Crippen molar-refractivity contribution in [2.75, 3.05) is 7.11 Å². The number of phenolic OH excluding ortho intramolecular Hbond substituents is 1. The molecule has 4 aromatic rings. The molecule has 0 bridgehead atoms. The molecule has 0 spiro atoms. The first-order valence-electron chi connectivity index (χ1n) is 10.8. The van der Waals surface area contributed by atoms with E-state index < -0.39 is 5.54 Å². The van der Waals surface area contributed by atoms with Gasteiger partial charge >= 0.3 is 0 Å². The summed E-state index contributed by atoms with van der Waals surface area (Å²) in [7, 11) is 1.57. The molecule has 0 radical (unpaired) electrons. The highest BCUT2D eigenvalue weighted by molar-refractivity contribution is 7.80. The predicted molar refractivity (Wildman–Crippen MR) is 140 cm³/mol. The number of phenols is 1. The van der Waals surface area contributed by atoms with Crippen LogP contribution in [0.5, 0.6) is 11.5 Å². The lowest BCUT2D eigenvalue weighted by molar-refractivity contribution is 0.412. The van der Waals surface area contributed by atoms with E-state index in [2.05, 4.69) is 52.2 Å². The van der Waals surface area contributed by atoms with Gasteiger partial charge in [0.15, 0.2) is 5.11 Å². The molecule has 0 atom stereocenters. The summed E-state index contributed by atoms with van der Waals surface area (Å²) < 4.78 is 5.22. The van der Waals surface area contributed by atoms with Gasteiger partial charge in [0.05, 0.1) is 13.3 Å². The maximum Gasteiger partial charge on any atom is 0.188 e. The second-order valence-electron chi connectivity index (χ2n) is 7.60. The van der Waals surface area contributed by atoms with Crippen LogP contribution in [-0.4, -0.2) is 23.5 Å². The van der Waals surface area contributed by atoms with E-state index in [1.807, 2.05) is 54.6 Å². The number of hydrogen-bond donors (Lipinski definition) is 3. The maximum atomic E-state index is 10.1. The minimum Gasteiger partial charge on any atom is -0.507 e. The fraction of sp³-hybridized carbons (Fsp3) is 0.0714. The molecule has 4 rings (SSSR count). The Labute approximate surface area is 204 Å². The molecule has 0 aromatic heterocycles. The highest BCUT2D eigenvalue weighted by Crippen LogP contribution is 2.36. The number of hydrogen-bond acceptors (Lipinski definition) is 4. The Hall–Kier alpha value is -4.16. The van der Waals surface area contributed by atoms with Crippen LogP contribution in [-0.2, 0) is 5.54 Å². The van der Waals surface area contributed by atoms with Crippen molar-refractivity contribution in [3.8, 4) is 11.5 Å². The largest absolute Gasteiger partial charge is 0.507 e. The molecule has 0 heterocycles. The molecule has 5 nitrogen and oxygen atoms in total. The summed E-state index contributed by atoms with van der Waals surface area (Å²) in [5.74, 6) is 0.716. The molecule has 0 aliphatic rings. The summed E-state index contributed by atoms with van der Waals surface area (Å²) in [5.41, 5.74) is 5.76. The summed E-state index contributed by atoms with van der Waals surface area (Å²) >= 11 is 5.68. The van der Waals surface area contributed by atoms with Gasteiger partial charge in [-0.1, -0.05) is 91.0 Å². The van der Waals surface area contributed by atoms with Crippen LogP contribution in [0.25, 0.3) is 0 Å². The quantitative estimate of drug-likeness (QED) is 0.151. The van der Waals surface area contributed by atoms with Crippen LogP contribution in [0.15, 0.2) is 114 Å². The zero-order chi connectivity index (χ0) is 23.8. The number of benzene rings is 4. The second kappa shape index (κ2) is 10.6. The van der Waals surface area contributed by atoms with E-state index in [0.29, 0.717) is 16.4 Å². The minimum atomic E-state index is -0.749. The Bertz CT molecular complexity index is 1170. The van der Waals surface area contributed by atoms with Crippen LogP contribution in [0.4, 0.5) is 0 Å². The molecule has 0 saturated carbocycles. The molecule has 170 valence electrons. The first-order chi connectivity index (χ1) is 16.6. The predicted octanol–water partition coefficient (Wildman–Crippen LogP) is 5.19. The summed E-state index contributed by atoms with van der Waals surface area (Å²) in [6, 6.07) is 35.4. The van der Waals surface area contributed by atoms with E-state index in [4.69, 9.17) is 17.0 Å². The normalized spacial score (nSPS) is 11.2. The standard InChI is InChI=1S/C28H25N3O2S/c1-33-25-17-18-26(32)21(19-25)20-29-31-27(34)30-28(22-11-5-2-6-12-22,23-13-7-3-8-14-23)24-15-9-4-10-16-24/h2-20,32H,1H3,(H2,30,31,34)/b29-20+. The highest BCUT2D eigenvalue weighted by Gasteiger charge is 2.36. The van der Waals surface area contributed by atoms with Gasteiger partial charge in [-0.15, -0.1) is 0 Å². The van der Waals surface area contributed by atoms with Crippen LogP contribution >= 0.6 is 12.2 Å². The molecule has 0 aliphatic carbocycles. The Morgan fingerprint density at radius 2 is 1.32 bits per heavy atom. The summed E-state index contributed by atoms with van der Waals surface area (Å²) in [5, 5.41) is 18.2. The van der Waals surface area contributed by atoms with Crippen molar-refractivity contribution in [2.45, 2.75) is 5.54 Å². The van der Waals surface area contributed by atoms with Gasteiger partial charge in [-0.25, -0.2) is 0 Å². The highest BCUT2D eigenvalue weighted by atomic mass is 32.1. The van der Waals surface area contributed by atoms with Gasteiger partial charge in [0.2, 0.25) is 0 Å². The lowest BCUT2D eigenvalue weighted by Crippen LogP contribution is -2.50. The van der Waals surface area contributed by atoms with Crippen molar-refractivity contribution in [1.82, 2.24) is 10.7 Å². The van der Waals surface area contributed by atoms with E-state index in [1.165, 1.54) is 6.21 Å². The Kier molecular flexibility index (Phi) is 7.20. The SMILES string of the molecule is COc1ccc(O)c(/C=N/NC(=S)NC(c2ccccc2)(c2ccccc2)c2ccccc2)c1. The van der Waals surface area contributed by atoms with Crippen molar-refractivity contribution in [1.29, 1.82) is 0 Å². The lowest BCUT2D eigenvalue weighted by atomic mass is 9.77. The van der Waals surface area contributed by atoms with Gasteiger partial charge in [0.1, 0.15) is 17.0 Å². The molecular weight excluding hydrogens is 442 g/mol. The molecule has 0 fully saturated rings. The smallest absolute Gasteiger partial charge is 0.188 e. The number of nitrogens with one attached hydrogen (secondary N) is 2. The van der Waals surface area contributed by atoms with E-state index in [-0.39, 0.29) is 5.75 Å². The van der Waals surface area contributed by atoms with E-state index in [0.717, 1.165) is 16.7 Å². The third-order valence-electron chi connectivity index (χ3n) is 5.53. The number of rotatable bonds is 7. The summed E-state index contributed by atoms with van der Waals surface area (Å²) in [6.45, 7) is 0. The van der Waals surface area contributed by atoms with Crippen molar-refractivity contribution in [3.63, 3.8) is 0 Å². The van der Waals surface area contributed by atoms with Crippen LogP contribution in [0.1, 0.15) is 22.3 Å². The maximum absolute atomic E-state index is 10.1. The minimum absolute atomic E-state index is 0.0948. The molecule has 34 heavy (non-hydrogen) atoms. The fourth-order valence-corrected chi connectivity index (χ4v) is 4.11. The first-order valence-corrected chi connectivity index (χ1v) is 11.2. The Morgan fingerprint density at radius 3 is 1.79 bits per heavy atom. The molecule has 0 amide bonds. The van der Waals surface area contributed by atoms with Gasteiger partial charge in [-0.3, -0.25) is 5.43 Å². The molecule has 0 unspecified atom stereocenters. The number of hydrazone groups is 1. The van der Waals surface area contributed by atoms with E-state index in [1.54, 1.807) is 25.3 Å². The van der Waals surface area contributed by atoms with Crippen LogP contribution in [0.2, 0.25) is 0 Å². The van der Waals surface area contributed by atoms with Crippen molar-refractivity contribution >= 4 is 23.5 Å². The fourth-order valence-electron chi connectivity index (χ4n) is 3.90. The topological polar surface area (TPSA) is 65.9 Å². The van der Waals surface area contributed by atoms with Gasteiger partial charge in [0, 0.05) is 5.56 Å². The number of thiocarbonyl (C=S) groups is 1. The monoisotopic (exact) mass is 467 g/mol.